The fraction of sp³-hybridized carbons (Fsp3) is 0. The van der Waals surface area contributed by atoms with Crippen molar-refractivity contribution < 1.29 is 0 Å². The van der Waals surface area contributed by atoms with Crippen LogP contribution in [-0.2, 0) is 0 Å². The van der Waals surface area contributed by atoms with Gasteiger partial charge in [-0.2, -0.15) is 0 Å². The van der Waals surface area contributed by atoms with Crippen molar-refractivity contribution in [2.45, 2.75) is 0 Å². The number of hydrogen-bond acceptors (Lipinski definition) is 2. The van der Waals surface area contributed by atoms with E-state index in [9.17, 15) is 0 Å². The Bertz CT molecular complexity index is 1700. The summed E-state index contributed by atoms with van der Waals surface area (Å²) in [6, 6.07) is 34.1. The van der Waals surface area contributed by atoms with Gasteiger partial charge in [0.2, 0.25) is 0 Å². The predicted octanol–water partition coefficient (Wildman–Crippen LogP) is 2.76. The quantitative estimate of drug-likeness (QED) is 0.288. The molecule has 6 aliphatic rings. The zero-order valence-corrected chi connectivity index (χ0v) is 20.8. The standard InChI is InChI=1S/C24H15B7N2P2/c1-2-8-16(9-3-1)33-21-13-7-6-12-20(21)28-19-11-5-4-10-17(19)18-14-15-22(24(33)23(18)28)35(26-29(35)27-35)32-34-30-25-31(30)34/h1-15H/q-1. The average Bonchev–Trinajstić information content (AvgIpc) is 3.80. The zero-order valence-electron chi connectivity index (χ0n) is 19.0. The molecule has 0 aromatic heterocycles. The van der Waals surface area contributed by atoms with E-state index in [0.717, 1.165) is 12.4 Å². The van der Waals surface area contributed by atoms with Crippen LogP contribution in [-0.4, -0.2) is 46.2 Å². The normalized spacial score (nSPS) is 22.0. The topological polar surface area (TPSA) is 15.6 Å². The van der Waals surface area contributed by atoms with Crippen LogP contribution in [0.15, 0.2) is 95.5 Å². The van der Waals surface area contributed by atoms with Gasteiger partial charge in [-0.15, -0.1) is 0 Å². The number of para-hydroxylation sites is 2. The third-order valence-corrected chi connectivity index (χ3v) is 17.6. The fourth-order valence-corrected chi connectivity index (χ4v) is 16.3. The summed E-state index contributed by atoms with van der Waals surface area (Å²) in [5.41, 5.74) is 11.2. The van der Waals surface area contributed by atoms with E-state index < -0.39 is 6.39 Å². The monoisotopic (exact) mass is 470 g/mol. The van der Waals surface area contributed by atoms with Gasteiger partial charge in [-0.05, 0) is 0 Å². The molecule has 4 aromatic carbocycles. The van der Waals surface area contributed by atoms with E-state index in [0.29, 0.717) is 6.21 Å². The molecule has 11 heteroatoms. The number of nitrogens with zero attached hydrogens (tertiary/aromatic N) is 2. The van der Waals surface area contributed by atoms with Crippen LogP contribution in [0.2, 0.25) is 0 Å². The van der Waals surface area contributed by atoms with Gasteiger partial charge in [0.1, 0.15) is 0 Å². The summed E-state index contributed by atoms with van der Waals surface area (Å²) < 4.78 is 5.78. The molecule has 0 saturated carbocycles. The molecule has 5 radical (unpaired) electrons. The molecule has 4 saturated heterocycles. The van der Waals surface area contributed by atoms with Crippen LogP contribution < -0.4 is 26.6 Å². The van der Waals surface area contributed by atoms with Crippen LogP contribution in [0.1, 0.15) is 0 Å². The minimum atomic E-state index is -2.33. The Morgan fingerprint density at radius 2 is 1.51 bits per heavy atom. The predicted molar refractivity (Wildman–Crippen MR) is 162 cm³/mol. The van der Waals surface area contributed by atoms with Gasteiger partial charge < -0.3 is 0 Å². The second-order valence-electron chi connectivity index (χ2n) is 10.9. The molecular weight excluding hydrogens is 454 g/mol. The Kier molecular flexibility index (Phi) is 3.13. The van der Waals surface area contributed by atoms with Crippen LogP contribution in [0.25, 0.3) is 11.1 Å². The van der Waals surface area contributed by atoms with Crippen LogP contribution >= 0.6 is 13.9 Å². The van der Waals surface area contributed by atoms with E-state index >= 15 is 0 Å². The zero-order chi connectivity index (χ0) is 22.5. The molecule has 0 N–H and O–H groups in total. The summed E-state index contributed by atoms with van der Waals surface area (Å²) in [6.45, 7) is 5.58. The molecule has 6 heterocycles. The SMILES string of the molecule is [B]1B2[B-]P12(N=[P+]1B2[B-]B21)c1ccc2c3c1N(c1ccccc1)c1ccccc1B3c1ccccc1-2. The van der Waals surface area contributed by atoms with E-state index in [4.69, 9.17) is 4.52 Å². The first-order valence-electron chi connectivity index (χ1n) is 12.6. The van der Waals surface area contributed by atoms with E-state index in [2.05, 4.69) is 117 Å². The Balaban J connectivity index is 1.33. The van der Waals surface area contributed by atoms with Crippen LogP contribution in [0.3, 0.4) is 0 Å². The van der Waals surface area contributed by atoms with Crippen molar-refractivity contribution in [1.29, 1.82) is 0 Å². The Morgan fingerprint density at radius 1 is 0.800 bits per heavy atom. The third kappa shape index (κ3) is 2.12. The summed E-state index contributed by atoms with van der Waals surface area (Å²) in [6.07, 6.45) is -0.00820. The molecule has 0 aliphatic carbocycles. The molecule has 4 fully saturated rings. The molecule has 0 amide bonds. The Labute approximate surface area is 209 Å². The van der Waals surface area contributed by atoms with Crippen molar-refractivity contribution in [1.82, 2.24) is 0 Å². The number of benzene rings is 4. The summed E-state index contributed by atoms with van der Waals surface area (Å²) >= 11 is 0. The maximum absolute atomic E-state index is 5.78. The average molecular weight is 469 g/mol. The van der Waals surface area contributed by atoms with E-state index in [1.807, 2.05) is 0 Å². The molecular formula is C24H15B7N2P2-. The Hall–Kier alpha value is -2.34. The van der Waals surface area contributed by atoms with Gasteiger partial charge in [-0.25, -0.2) is 0 Å². The second-order valence-corrected chi connectivity index (χ2v) is 17.8. The number of anilines is 3. The Morgan fingerprint density at radius 3 is 2.26 bits per heavy atom. The molecule has 0 atom stereocenters. The molecule has 6 aliphatic heterocycles. The molecule has 10 rings (SSSR count). The second kappa shape index (κ2) is 5.80. The molecule has 0 spiro atoms. The van der Waals surface area contributed by atoms with Gasteiger partial charge in [0.15, 0.2) is 0 Å². The van der Waals surface area contributed by atoms with Crippen LogP contribution in [0, 0.1) is 0 Å². The molecule has 4 aromatic rings. The summed E-state index contributed by atoms with van der Waals surface area (Å²) in [7, 11) is 2.39. The first-order valence-corrected chi connectivity index (χ1v) is 16.4. The van der Waals surface area contributed by atoms with Crippen molar-refractivity contribution in [2.24, 2.45) is 4.52 Å². The minimum absolute atomic E-state index is 0.108. The van der Waals surface area contributed by atoms with Crippen molar-refractivity contribution in [3.63, 3.8) is 0 Å². The molecule has 35 heavy (non-hydrogen) atoms. The van der Waals surface area contributed by atoms with Crippen molar-refractivity contribution in [3.8, 4) is 11.1 Å². The summed E-state index contributed by atoms with van der Waals surface area (Å²) in [4.78, 5) is 2.57. The third-order valence-electron chi connectivity index (χ3n) is 9.10. The van der Waals surface area contributed by atoms with Gasteiger partial charge in [-0.1, -0.05) is 0 Å². The fourth-order valence-electron chi connectivity index (χ4n) is 6.98. The van der Waals surface area contributed by atoms with E-state index in [1.54, 1.807) is 0 Å². The van der Waals surface area contributed by atoms with Crippen LogP contribution in [0.5, 0.6) is 0 Å². The summed E-state index contributed by atoms with van der Waals surface area (Å²) in [5.74, 6) is 0. The van der Waals surface area contributed by atoms with Gasteiger partial charge in [-0.3, -0.25) is 0 Å². The molecule has 0 unspecified atom stereocenters. The number of rotatable bonds is 3. The van der Waals surface area contributed by atoms with E-state index in [1.165, 1.54) is 49.9 Å². The number of fused-ring (bicyclic) bond motifs is 7. The number of hydrogen-bond donors (Lipinski definition) is 0. The first-order chi connectivity index (χ1) is 17.3. The molecule has 153 valence electrons. The first kappa shape index (κ1) is 18.9. The van der Waals surface area contributed by atoms with Crippen molar-refractivity contribution in [2.75, 3.05) is 4.90 Å². The van der Waals surface area contributed by atoms with Crippen molar-refractivity contribution in [3.05, 3.63) is 91.0 Å². The summed E-state index contributed by atoms with van der Waals surface area (Å²) in [5, 5.41) is 1.53. The van der Waals surface area contributed by atoms with Gasteiger partial charge >= 0.3 is 210 Å². The van der Waals surface area contributed by atoms with E-state index in [-0.39, 0.29) is 14.2 Å². The van der Waals surface area contributed by atoms with Gasteiger partial charge in [0.05, 0.1) is 0 Å². The molecule has 2 nitrogen and oxygen atoms in total. The van der Waals surface area contributed by atoms with Crippen molar-refractivity contribution >= 4 is 98.8 Å². The van der Waals surface area contributed by atoms with Gasteiger partial charge in [0, 0.05) is 0 Å². The van der Waals surface area contributed by atoms with Crippen LogP contribution in [0.4, 0.5) is 17.1 Å². The molecule has 0 bridgehead atoms. The maximum atomic E-state index is 5.78. The van der Waals surface area contributed by atoms with Gasteiger partial charge in [0.25, 0.3) is 0 Å².